The molecule has 2 amide bonds. The Bertz CT molecular complexity index is 825. The van der Waals surface area contributed by atoms with Crippen LogP contribution in [0.5, 0.6) is 0 Å². The predicted octanol–water partition coefficient (Wildman–Crippen LogP) is 2.22. The first-order chi connectivity index (χ1) is 11.6. The lowest BCUT2D eigenvalue weighted by Gasteiger charge is -2.14. The van der Waals surface area contributed by atoms with Gasteiger partial charge in [-0.15, -0.1) is 0 Å². The number of hydrogen-bond acceptors (Lipinski definition) is 4. The van der Waals surface area contributed by atoms with Gasteiger partial charge in [0.25, 0.3) is 5.91 Å². The van der Waals surface area contributed by atoms with Crippen LogP contribution in [0.25, 0.3) is 5.69 Å². The Hall–Kier alpha value is -3.35. The van der Waals surface area contributed by atoms with Crippen molar-refractivity contribution in [2.75, 3.05) is 5.32 Å². The van der Waals surface area contributed by atoms with Crippen molar-refractivity contribution in [1.29, 1.82) is 0 Å². The second kappa shape index (κ2) is 6.82. The minimum atomic E-state index is -0.709. The fraction of sp³-hybridized carbons (Fsp3) is 0.118. The van der Waals surface area contributed by atoms with Crippen molar-refractivity contribution in [2.24, 2.45) is 0 Å². The van der Waals surface area contributed by atoms with Crippen LogP contribution in [0.2, 0.25) is 0 Å². The topological polar surface area (TPSA) is 89.2 Å². The third-order valence-corrected chi connectivity index (χ3v) is 3.40. The van der Waals surface area contributed by atoms with Crippen molar-refractivity contribution in [3.05, 3.63) is 67.1 Å². The van der Waals surface area contributed by atoms with Gasteiger partial charge in [-0.25, -0.2) is 4.98 Å². The number of nitrogens with zero attached hydrogens (tertiary/aromatic N) is 2. The number of rotatable bonds is 5. The Morgan fingerprint density at radius 2 is 2.12 bits per heavy atom. The van der Waals surface area contributed by atoms with E-state index < -0.39 is 11.9 Å². The van der Waals surface area contributed by atoms with Gasteiger partial charge in [0.1, 0.15) is 6.04 Å². The molecule has 2 aromatic heterocycles. The number of hydrogen-bond donors (Lipinski definition) is 2. The average Bonchev–Trinajstić information content (AvgIpc) is 3.28. The molecule has 0 fully saturated rings. The van der Waals surface area contributed by atoms with Gasteiger partial charge in [0, 0.05) is 23.8 Å². The number of benzene rings is 1. The van der Waals surface area contributed by atoms with Gasteiger partial charge in [-0.1, -0.05) is 6.07 Å². The van der Waals surface area contributed by atoms with Crippen molar-refractivity contribution < 1.29 is 14.0 Å². The van der Waals surface area contributed by atoms with E-state index in [1.807, 2.05) is 29.0 Å². The summed E-state index contributed by atoms with van der Waals surface area (Å²) in [4.78, 5) is 28.1. The van der Waals surface area contributed by atoms with Gasteiger partial charge in [-0.2, -0.15) is 0 Å². The summed E-state index contributed by atoms with van der Waals surface area (Å²) < 4.78 is 6.83. The van der Waals surface area contributed by atoms with E-state index >= 15 is 0 Å². The van der Waals surface area contributed by atoms with Crippen LogP contribution >= 0.6 is 0 Å². The maximum absolute atomic E-state index is 12.2. The van der Waals surface area contributed by atoms with E-state index in [-0.39, 0.29) is 11.7 Å². The molecular formula is C17H16N4O3. The summed E-state index contributed by atoms with van der Waals surface area (Å²) in [7, 11) is 0. The maximum atomic E-state index is 12.2. The van der Waals surface area contributed by atoms with Gasteiger partial charge in [0.15, 0.2) is 5.76 Å². The zero-order valence-electron chi connectivity index (χ0n) is 13.0. The predicted molar refractivity (Wildman–Crippen MR) is 87.8 cm³/mol. The number of amides is 2. The molecular weight excluding hydrogens is 308 g/mol. The van der Waals surface area contributed by atoms with Crippen molar-refractivity contribution in [1.82, 2.24) is 14.9 Å². The summed E-state index contributed by atoms with van der Waals surface area (Å²) in [5.41, 5.74) is 1.50. The molecule has 1 atom stereocenters. The standard InChI is InChI=1S/C17H16N4O3/c1-12(19-17(23)15-6-3-9-24-15)16(22)20-13-4-2-5-14(10-13)21-8-7-18-11-21/h2-12H,1H3,(H,19,23)(H,20,22)/t12-/m1/s1. The molecule has 3 aromatic rings. The molecule has 3 rings (SSSR count). The van der Waals surface area contributed by atoms with Crippen LogP contribution < -0.4 is 10.6 Å². The van der Waals surface area contributed by atoms with Gasteiger partial charge in [0.2, 0.25) is 5.91 Å². The summed E-state index contributed by atoms with van der Waals surface area (Å²) in [6, 6.07) is 9.77. The number of carbonyl (C=O) groups is 2. The first-order valence-electron chi connectivity index (χ1n) is 7.37. The Morgan fingerprint density at radius 1 is 1.25 bits per heavy atom. The molecule has 24 heavy (non-hydrogen) atoms. The third kappa shape index (κ3) is 3.52. The molecule has 7 nitrogen and oxygen atoms in total. The first kappa shape index (κ1) is 15.5. The van der Waals surface area contributed by atoms with Crippen molar-refractivity contribution in [3.8, 4) is 5.69 Å². The van der Waals surface area contributed by atoms with Gasteiger partial charge in [-0.3, -0.25) is 9.59 Å². The molecule has 0 unspecified atom stereocenters. The largest absolute Gasteiger partial charge is 0.459 e. The van der Waals surface area contributed by atoms with Gasteiger partial charge in [0.05, 0.1) is 12.6 Å². The smallest absolute Gasteiger partial charge is 0.287 e. The van der Waals surface area contributed by atoms with E-state index in [4.69, 9.17) is 4.42 Å². The molecule has 7 heteroatoms. The Morgan fingerprint density at radius 3 is 2.83 bits per heavy atom. The molecule has 0 bridgehead atoms. The minimum absolute atomic E-state index is 0.164. The Balaban J connectivity index is 1.64. The number of imidazole rings is 1. The summed E-state index contributed by atoms with van der Waals surface area (Å²) in [5, 5.41) is 5.36. The van der Waals surface area contributed by atoms with E-state index in [0.717, 1.165) is 5.69 Å². The molecule has 0 aliphatic heterocycles. The normalized spacial score (nSPS) is 11.7. The van der Waals surface area contributed by atoms with E-state index in [9.17, 15) is 9.59 Å². The summed E-state index contributed by atoms with van der Waals surface area (Å²) in [5.74, 6) is -0.593. The first-order valence-corrected chi connectivity index (χ1v) is 7.37. The van der Waals surface area contributed by atoms with Crippen LogP contribution in [0.15, 0.2) is 65.8 Å². The number of anilines is 1. The van der Waals surface area contributed by atoms with Crippen molar-refractivity contribution >= 4 is 17.5 Å². The van der Waals surface area contributed by atoms with E-state index in [2.05, 4.69) is 15.6 Å². The third-order valence-electron chi connectivity index (χ3n) is 3.40. The van der Waals surface area contributed by atoms with Crippen LogP contribution in [-0.4, -0.2) is 27.4 Å². The maximum Gasteiger partial charge on any atom is 0.287 e. The molecule has 0 saturated heterocycles. The van der Waals surface area contributed by atoms with E-state index in [1.54, 1.807) is 31.6 Å². The van der Waals surface area contributed by atoms with E-state index in [0.29, 0.717) is 5.69 Å². The second-order valence-electron chi connectivity index (χ2n) is 5.18. The molecule has 0 aliphatic carbocycles. The lowest BCUT2D eigenvalue weighted by Crippen LogP contribution is -2.41. The molecule has 2 N–H and O–H groups in total. The van der Waals surface area contributed by atoms with Crippen molar-refractivity contribution in [2.45, 2.75) is 13.0 Å². The highest BCUT2D eigenvalue weighted by atomic mass is 16.3. The lowest BCUT2D eigenvalue weighted by molar-refractivity contribution is -0.117. The van der Waals surface area contributed by atoms with Crippen LogP contribution in [0.4, 0.5) is 5.69 Å². The SMILES string of the molecule is C[C@@H](NC(=O)c1ccco1)C(=O)Nc1cccc(-n2ccnc2)c1. The molecule has 0 saturated carbocycles. The molecule has 2 heterocycles. The van der Waals surface area contributed by atoms with Crippen LogP contribution in [0, 0.1) is 0 Å². The van der Waals surface area contributed by atoms with Crippen LogP contribution in [-0.2, 0) is 4.79 Å². The highest BCUT2D eigenvalue weighted by molar-refractivity contribution is 5.99. The summed E-state index contributed by atoms with van der Waals surface area (Å²) >= 11 is 0. The zero-order chi connectivity index (χ0) is 16.9. The number of carbonyl (C=O) groups excluding carboxylic acids is 2. The molecule has 0 spiro atoms. The fourth-order valence-corrected chi connectivity index (χ4v) is 2.15. The Labute approximate surface area is 138 Å². The molecule has 0 aliphatic rings. The number of furan rings is 1. The lowest BCUT2D eigenvalue weighted by atomic mass is 10.2. The van der Waals surface area contributed by atoms with Gasteiger partial charge < -0.3 is 19.6 Å². The second-order valence-corrected chi connectivity index (χ2v) is 5.18. The Kier molecular flexibility index (Phi) is 4.42. The average molecular weight is 324 g/mol. The molecule has 0 radical (unpaired) electrons. The van der Waals surface area contributed by atoms with Crippen LogP contribution in [0.3, 0.4) is 0 Å². The van der Waals surface area contributed by atoms with Crippen molar-refractivity contribution in [3.63, 3.8) is 0 Å². The van der Waals surface area contributed by atoms with E-state index in [1.165, 1.54) is 12.3 Å². The number of aromatic nitrogens is 2. The molecule has 122 valence electrons. The summed E-state index contributed by atoms with van der Waals surface area (Å²) in [6.45, 7) is 1.61. The highest BCUT2D eigenvalue weighted by Gasteiger charge is 2.18. The monoisotopic (exact) mass is 324 g/mol. The van der Waals surface area contributed by atoms with Crippen LogP contribution in [0.1, 0.15) is 17.5 Å². The quantitative estimate of drug-likeness (QED) is 0.753. The van der Waals surface area contributed by atoms with Gasteiger partial charge in [-0.05, 0) is 37.3 Å². The fourth-order valence-electron chi connectivity index (χ4n) is 2.15. The minimum Gasteiger partial charge on any atom is -0.459 e. The molecule has 1 aromatic carbocycles. The summed E-state index contributed by atoms with van der Waals surface area (Å²) in [6.07, 6.45) is 6.57. The van der Waals surface area contributed by atoms with Gasteiger partial charge >= 0.3 is 0 Å². The zero-order valence-corrected chi connectivity index (χ0v) is 13.0. The number of nitrogens with one attached hydrogen (secondary N) is 2. The highest BCUT2D eigenvalue weighted by Crippen LogP contribution is 2.14.